The molecule has 11 heteroatoms. The zero-order chi connectivity index (χ0) is 23.4. The molecule has 0 bridgehead atoms. The normalized spacial score (nSPS) is 12.4. The van der Waals surface area contributed by atoms with Crippen LogP contribution in [0.2, 0.25) is 0 Å². The molecule has 0 aliphatic carbocycles. The number of aliphatic carboxylic acids is 1. The molecular formula is C20H29N5O6. The van der Waals surface area contributed by atoms with Gasteiger partial charge in [0.25, 0.3) is 0 Å². The molecule has 1 aromatic carbocycles. The van der Waals surface area contributed by atoms with Crippen molar-refractivity contribution >= 4 is 29.6 Å². The van der Waals surface area contributed by atoms with Crippen molar-refractivity contribution in [1.82, 2.24) is 21.3 Å². The Morgan fingerprint density at radius 1 is 0.903 bits per heavy atom. The number of carbonyl (C=O) groups is 5. The summed E-state index contributed by atoms with van der Waals surface area (Å²) in [4.78, 5) is 59.2. The number of amides is 4. The highest BCUT2D eigenvalue weighted by molar-refractivity contribution is 5.93. The Bertz CT molecular complexity index is 784. The summed E-state index contributed by atoms with van der Waals surface area (Å²) in [7, 11) is 0. The van der Waals surface area contributed by atoms with Gasteiger partial charge in [0.1, 0.15) is 18.6 Å². The molecule has 0 saturated heterocycles. The molecule has 0 spiro atoms. The number of nitrogens with one attached hydrogen (secondary N) is 4. The van der Waals surface area contributed by atoms with Crippen molar-refractivity contribution < 1.29 is 29.1 Å². The fourth-order valence-electron chi connectivity index (χ4n) is 2.64. The van der Waals surface area contributed by atoms with Gasteiger partial charge >= 0.3 is 5.97 Å². The SMILES string of the molecule is CC(C)[C@H](NC(=O)CNC(=O)[C@H](Cc1ccccc1)NC(=O)CN)C(=O)NCC(=O)O. The molecule has 0 radical (unpaired) electrons. The van der Waals surface area contributed by atoms with Crippen molar-refractivity contribution in [2.45, 2.75) is 32.4 Å². The zero-order valence-corrected chi connectivity index (χ0v) is 17.5. The molecule has 1 rings (SSSR count). The van der Waals surface area contributed by atoms with Gasteiger partial charge in [0.2, 0.25) is 23.6 Å². The minimum absolute atomic E-state index is 0.201. The van der Waals surface area contributed by atoms with Crippen LogP contribution in [-0.2, 0) is 30.4 Å². The highest BCUT2D eigenvalue weighted by Gasteiger charge is 2.26. The van der Waals surface area contributed by atoms with Gasteiger partial charge in [-0.15, -0.1) is 0 Å². The molecular weight excluding hydrogens is 406 g/mol. The minimum atomic E-state index is -1.21. The maximum Gasteiger partial charge on any atom is 0.322 e. The second kappa shape index (κ2) is 13.0. The monoisotopic (exact) mass is 435 g/mol. The Morgan fingerprint density at radius 3 is 2.06 bits per heavy atom. The highest BCUT2D eigenvalue weighted by atomic mass is 16.4. The predicted octanol–water partition coefficient (Wildman–Crippen LogP) is -1.87. The molecule has 31 heavy (non-hydrogen) atoms. The zero-order valence-electron chi connectivity index (χ0n) is 17.5. The van der Waals surface area contributed by atoms with Crippen LogP contribution in [0, 0.1) is 5.92 Å². The van der Waals surface area contributed by atoms with Gasteiger partial charge < -0.3 is 32.1 Å². The Morgan fingerprint density at radius 2 is 1.52 bits per heavy atom. The second-order valence-electron chi connectivity index (χ2n) is 7.13. The third-order valence-corrected chi connectivity index (χ3v) is 4.22. The number of carboxylic acid groups (broad SMARTS) is 1. The van der Waals surface area contributed by atoms with Gasteiger partial charge in [-0.2, -0.15) is 0 Å². The molecule has 1 aromatic rings. The van der Waals surface area contributed by atoms with E-state index >= 15 is 0 Å². The van der Waals surface area contributed by atoms with E-state index in [1.807, 2.05) is 6.07 Å². The van der Waals surface area contributed by atoms with Crippen LogP contribution in [0.25, 0.3) is 0 Å². The average Bonchev–Trinajstić information content (AvgIpc) is 2.73. The van der Waals surface area contributed by atoms with Gasteiger partial charge in [-0.05, 0) is 11.5 Å². The van der Waals surface area contributed by atoms with Crippen LogP contribution in [-0.4, -0.2) is 66.4 Å². The first-order valence-corrected chi connectivity index (χ1v) is 9.74. The minimum Gasteiger partial charge on any atom is -0.480 e. The molecule has 0 aromatic heterocycles. The third kappa shape index (κ3) is 9.72. The smallest absolute Gasteiger partial charge is 0.322 e. The summed E-state index contributed by atoms with van der Waals surface area (Å²) in [5.41, 5.74) is 6.11. The molecule has 2 atom stereocenters. The molecule has 170 valence electrons. The summed E-state index contributed by atoms with van der Waals surface area (Å²) in [6.07, 6.45) is 0.201. The number of nitrogens with two attached hydrogens (primary N) is 1. The molecule has 0 saturated carbocycles. The van der Waals surface area contributed by atoms with Crippen LogP contribution < -0.4 is 27.0 Å². The Balaban J connectivity index is 2.69. The second-order valence-corrected chi connectivity index (χ2v) is 7.13. The van der Waals surface area contributed by atoms with E-state index in [2.05, 4.69) is 21.3 Å². The van der Waals surface area contributed by atoms with E-state index in [9.17, 15) is 24.0 Å². The fraction of sp³-hybridized carbons (Fsp3) is 0.450. The average molecular weight is 435 g/mol. The van der Waals surface area contributed by atoms with E-state index in [1.54, 1.807) is 38.1 Å². The molecule has 0 heterocycles. The lowest BCUT2D eigenvalue weighted by Crippen LogP contribution is -2.54. The van der Waals surface area contributed by atoms with Crippen LogP contribution in [0.3, 0.4) is 0 Å². The number of benzene rings is 1. The van der Waals surface area contributed by atoms with Crippen molar-refractivity contribution in [2.75, 3.05) is 19.6 Å². The third-order valence-electron chi connectivity index (χ3n) is 4.22. The van der Waals surface area contributed by atoms with Crippen LogP contribution in [0.5, 0.6) is 0 Å². The number of carbonyl (C=O) groups excluding carboxylic acids is 4. The maximum atomic E-state index is 12.5. The molecule has 0 aliphatic rings. The van der Waals surface area contributed by atoms with Gasteiger partial charge in [-0.1, -0.05) is 44.2 Å². The lowest BCUT2D eigenvalue weighted by molar-refractivity contribution is -0.138. The van der Waals surface area contributed by atoms with E-state index < -0.39 is 54.8 Å². The van der Waals surface area contributed by atoms with Gasteiger partial charge in [-0.25, -0.2) is 0 Å². The Kier molecular flexibility index (Phi) is 10.7. The molecule has 7 N–H and O–H groups in total. The van der Waals surface area contributed by atoms with Crippen LogP contribution in [0.4, 0.5) is 0 Å². The standard InChI is InChI=1S/C20H29N5O6/c1-12(2)18(20(31)23-11-17(28)29)25-16(27)10-22-19(30)14(24-15(26)9-21)8-13-6-4-3-5-7-13/h3-7,12,14,18H,8-11,21H2,1-2H3,(H,22,30)(H,23,31)(H,24,26)(H,25,27)(H,28,29)/t14-,18-/m0/s1. The van der Waals surface area contributed by atoms with Gasteiger partial charge in [0.15, 0.2) is 0 Å². The number of hydrogen-bond acceptors (Lipinski definition) is 6. The highest BCUT2D eigenvalue weighted by Crippen LogP contribution is 2.04. The molecule has 11 nitrogen and oxygen atoms in total. The van der Waals surface area contributed by atoms with Crippen molar-refractivity contribution in [3.8, 4) is 0 Å². The largest absolute Gasteiger partial charge is 0.480 e. The summed E-state index contributed by atoms with van der Waals surface area (Å²) >= 11 is 0. The summed E-state index contributed by atoms with van der Waals surface area (Å²) in [6, 6.07) is 7.09. The van der Waals surface area contributed by atoms with E-state index in [-0.39, 0.29) is 18.9 Å². The van der Waals surface area contributed by atoms with Crippen molar-refractivity contribution in [3.63, 3.8) is 0 Å². The predicted molar refractivity (Wildman–Crippen MR) is 112 cm³/mol. The van der Waals surface area contributed by atoms with E-state index in [1.165, 1.54) is 0 Å². The molecule has 0 aliphatic heterocycles. The van der Waals surface area contributed by atoms with Crippen molar-refractivity contribution in [3.05, 3.63) is 35.9 Å². The van der Waals surface area contributed by atoms with E-state index in [0.717, 1.165) is 5.56 Å². The lowest BCUT2D eigenvalue weighted by Gasteiger charge is -2.22. The van der Waals surface area contributed by atoms with Crippen LogP contribution >= 0.6 is 0 Å². The van der Waals surface area contributed by atoms with E-state index in [0.29, 0.717) is 0 Å². The molecule has 0 fully saturated rings. The lowest BCUT2D eigenvalue weighted by atomic mass is 10.0. The Labute approximate surface area is 180 Å². The van der Waals surface area contributed by atoms with Gasteiger partial charge in [0.05, 0.1) is 13.1 Å². The van der Waals surface area contributed by atoms with Crippen LogP contribution in [0.1, 0.15) is 19.4 Å². The summed E-state index contributed by atoms with van der Waals surface area (Å²) < 4.78 is 0. The topological polar surface area (TPSA) is 180 Å². The first-order chi connectivity index (χ1) is 14.6. The number of hydrogen-bond donors (Lipinski definition) is 6. The summed E-state index contributed by atoms with van der Waals surface area (Å²) in [5, 5.41) is 18.3. The van der Waals surface area contributed by atoms with Gasteiger partial charge in [-0.3, -0.25) is 24.0 Å². The van der Waals surface area contributed by atoms with Crippen molar-refractivity contribution in [1.29, 1.82) is 0 Å². The quantitative estimate of drug-likeness (QED) is 0.222. The maximum absolute atomic E-state index is 12.5. The summed E-state index contributed by atoms with van der Waals surface area (Å²) in [6.45, 7) is 2.07. The fourth-order valence-corrected chi connectivity index (χ4v) is 2.64. The van der Waals surface area contributed by atoms with Crippen LogP contribution in [0.15, 0.2) is 30.3 Å². The summed E-state index contributed by atoms with van der Waals surface area (Å²) in [5.74, 6) is -3.91. The van der Waals surface area contributed by atoms with Gasteiger partial charge in [0, 0.05) is 6.42 Å². The molecule has 0 unspecified atom stereocenters. The number of carboxylic acids is 1. The Hall–Kier alpha value is -3.47. The number of rotatable bonds is 12. The first-order valence-electron chi connectivity index (χ1n) is 9.74. The molecule has 4 amide bonds. The van der Waals surface area contributed by atoms with E-state index in [4.69, 9.17) is 10.8 Å². The first kappa shape index (κ1) is 25.6. The van der Waals surface area contributed by atoms with Crippen molar-refractivity contribution in [2.24, 2.45) is 11.7 Å².